The Kier molecular flexibility index (Phi) is 12.7. The average molecular weight is 522 g/mol. The summed E-state index contributed by atoms with van der Waals surface area (Å²) in [5.74, 6) is -1.82. The van der Waals surface area contributed by atoms with Gasteiger partial charge in [-0.3, -0.25) is 4.79 Å². The number of rotatable bonds is 10. The Balaban J connectivity index is 0.00000316. The Morgan fingerprint density at radius 1 is 1.00 bits per heavy atom. The molecule has 0 aliphatic carbocycles. The SMILES string of the molecule is C=C.CC/C(Cl)=C\C=C(/CC)C(=O)N(Cc1cccc(C(F)(F)F)c1)C(Cc1ccccc1)C(=O)O. The number of aliphatic carboxylic acids is 1. The first-order valence-corrected chi connectivity index (χ1v) is 11.7. The van der Waals surface area contributed by atoms with Gasteiger partial charge in [-0.2, -0.15) is 13.2 Å². The van der Waals surface area contributed by atoms with Crippen LogP contribution in [0.3, 0.4) is 0 Å². The molecule has 2 aromatic carbocycles. The number of hydrogen-bond donors (Lipinski definition) is 1. The van der Waals surface area contributed by atoms with Crippen LogP contribution in [0.1, 0.15) is 43.4 Å². The summed E-state index contributed by atoms with van der Waals surface area (Å²) >= 11 is 6.05. The van der Waals surface area contributed by atoms with Crippen LogP contribution in [0.2, 0.25) is 0 Å². The van der Waals surface area contributed by atoms with Crippen LogP contribution in [0.15, 0.2) is 90.5 Å². The summed E-state index contributed by atoms with van der Waals surface area (Å²) in [5, 5.41) is 10.5. The highest BCUT2D eigenvalue weighted by Crippen LogP contribution is 2.30. The first kappa shape index (κ1) is 30.7. The zero-order valence-corrected chi connectivity index (χ0v) is 21.1. The van der Waals surface area contributed by atoms with Crippen LogP contribution >= 0.6 is 11.6 Å². The number of halogens is 4. The molecule has 0 aliphatic rings. The molecule has 4 nitrogen and oxygen atoms in total. The van der Waals surface area contributed by atoms with E-state index in [1.54, 1.807) is 43.3 Å². The van der Waals surface area contributed by atoms with Gasteiger partial charge in [-0.25, -0.2) is 4.79 Å². The van der Waals surface area contributed by atoms with E-state index in [9.17, 15) is 27.9 Å². The molecule has 0 saturated carbocycles. The average Bonchev–Trinajstić information content (AvgIpc) is 2.87. The molecule has 36 heavy (non-hydrogen) atoms. The van der Waals surface area contributed by atoms with E-state index in [2.05, 4.69) is 13.2 Å². The van der Waals surface area contributed by atoms with Crippen LogP contribution in [0.5, 0.6) is 0 Å². The van der Waals surface area contributed by atoms with Crippen LogP contribution < -0.4 is 0 Å². The number of carbonyl (C=O) groups excluding carboxylic acids is 1. The van der Waals surface area contributed by atoms with Gasteiger partial charge in [0.2, 0.25) is 0 Å². The number of amides is 1. The van der Waals surface area contributed by atoms with Gasteiger partial charge in [-0.05, 0) is 42.2 Å². The van der Waals surface area contributed by atoms with Crippen molar-refractivity contribution in [1.82, 2.24) is 4.90 Å². The molecule has 0 bridgehead atoms. The van der Waals surface area contributed by atoms with Gasteiger partial charge in [0.25, 0.3) is 5.91 Å². The third-order valence-electron chi connectivity index (χ3n) is 5.26. The van der Waals surface area contributed by atoms with Crippen molar-refractivity contribution >= 4 is 23.5 Å². The monoisotopic (exact) mass is 521 g/mol. The summed E-state index contributed by atoms with van der Waals surface area (Å²) in [6.07, 6.45) is -0.591. The molecule has 0 heterocycles. The maximum atomic E-state index is 13.5. The quantitative estimate of drug-likeness (QED) is 0.201. The summed E-state index contributed by atoms with van der Waals surface area (Å²) in [4.78, 5) is 26.9. The van der Waals surface area contributed by atoms with Crippen molar-refractivity contribution in [2.24, 2.45) is 0 Å². The van der Waals surface area contributed by atoms with Crippen LogP contribution in [-0.2, 0) is 28.7 Å². The lowest BCUT2D eigenvalue weighted by atomic mass is 10.0. The van der Waals surface area contributed by atoms with Crippen molar-refractivity contribution in [3.63, 3.8) is 0 Å². The third-order valence-corrected chi connectivity index (χ3v) is 5.65. The minimum Gasteiger partial charge on any atom is -0.480 e. The second-order valence-corrected chi connectivity index (χ2v) is 8.17. The van der Waals surface area contributed by atoms with E-state index in [1.807, 2.05) is 6.92 Å². The smallest absolute Gasteiger partial charge is 0.416 e. The lowest BCUT2D eigenvalue weighted by Gasteiger charge is -2.30. The van der Waals surface area contributed by atoms with E-state index in [0.717, 1.165) is 17.0 Å². The topological polar surface area (TPSA) is 57.6 Å². The first-order chi connectivity index (χ1) is 17.1. The van der Waals surface area contributed by atoms with Gasteiger partial charge in [-0.1, -0.05) is 74.0 Å². The number of hydrogen-bond acceptors (Lipinski definition) is 2. The molecule has 194 valence electrons. The van der Waals surface area contributed by atoms with Crippen LogP contribution in [0.25, 0.3) is 0 Å². The summed E-state index contributed by atoms with van der Waals surface area (Å²) in [7, 11) is 0. The number of benzene rings is 2. The molecule has 0 saturated heterocycles. The van der Waals surface area contributed by atoms with Crippen LogP contribution in [0, 0.1) is 0 Å². The van der Waals surface area contributed by atoms with Gasteiger partial charge in [0, 0.05) is 23.6 Å². The fraction of sp³-hybridized carbons (Fsp3) is 0.286. The highest BCUT2D eigenvalue weighted by Gasteiger charge is 2.33. The molecule has 1 amide bonds. The van der Waals surface area contributed by atoms with Gasteiger partial charge < -0.3 is 10.0 Å². The van der Waals surface area contributed by atoms with Gasteiger partial charge in [0.05, 0.1) is 5.56 Å². The second-order valence-electron chi connectivity index (χ2n) is 7.69. The van der Waals surface area contributed by atoms with Gasteiger partial charge in [0.1, 0.15) is 6.04 Å². The summed E-state index contributed by atoms with van der Waals surface area (Å²) < 4.78 is 39.7. The van der Waals surface area contributed by atoms with Gasteiger partial charge in [-0.15, -0.1) is 13.2 Å². The van der Waals surface area contributed by atoms with E-state index in [0.29, 0.717) is 29.0 Å². The second kappa shape index (κ2) is 14.9. The normalized spacial score (nSPS) is 12.8. The molecule has 1 unspecified atom stereocenters. The standard InChI is InChI=1S/C26H27ClF3NO3.C2H4/c1-3-20(13-14-22(27)4-2)24(32)31(17-19-11-8-12-21(15-19)26(28,29)30)23(25(33)34)16-18-9-6-5-7-10-18;1-2/h5-15,23H,3-4,16-17H2,1-2H3,(H,33,34);1-2H2/b20-13+,22-14+;. The number of carboxylic acids is 1. The molecule has 0 radical (unpaired) electrons. The van der Waals surface area contributed by atoms with Crippen molar-refractivity contribution in [3.8, 4) is 0 Å². The van der Waals surface area contributed by atoms with Crippen molar-refractivity contribution < 1.29 is 27.9 Å². The molecule has 2 rings (SSSR count). The largest absolute Gasteiger partial charge is 0.480 e. The Bertz CT molecular complexity index is 1070. The Hall–Kier alpha value is -3.32. The molecule has 0 aliphatic heterocycles. The minimum atomic E-state index is -4.56. The number of carboxylic acid groups (broad SMARTS) is 1. The lowest BCUT2D eigenvalue weighted by Crippen LogP contribution is -2.46. The van der Waals surface area contributed by atoms with Gasteiger partial charge >= 0.3 is 12.1 Å². The number of carbonyl (C=O) groups is 2. The van der Waals surface area contributed by atoms with E-state index >= 15 is 0 Å². The third kappa shape index (κ3) is 9.38. The maximum Gasteiger partial charge on any atom is 0.416 e. The highest BCUT2D eigenvalue weighted by molar-refractivity contribution is 6.29. The molecule has 0 fully saturated rings. The predicted octanol–water partition coefficient (Wildman–Crippen LogP) is 7.40. The number of allylic oxidation sites excluding steroid dienone is 3. The summed E-state index contributed by atoms with van der Waals surface area (Å²) in [5.41, 5.74) is 0.307. The maximum absolute atomic E-state index is 13.5. The molecule has 1 atom stereocenters. The zero-order valence-electron chi connectivity index (χ0n) is 20.4. The molecule has 0 spiro atoms. The highest BCUT2D eigenvalue weighted by atomic mass is 35.5. The summed E-state index contributed by atoms with van der Waals surface area (Å²) in [6, 6.07) is 12.0. The zero-order chi connectivity index (χ0) is 27.3. The molecular formula is C28H31ClF3NO3. The van der Waals surface area contributed by atoms with E-state index in [-0.39, 0.29) is 18.5 Å². The Morgan fingerprint density at radius 2 is 1.61 bits per heavy atom. The first-order valence-electron chi connectivity index (χ1n) is 11.4. The Labute approximate surface area is 215 Å². The molecule has 2 aromatic rings. The van der Waals surface area contributed by atoms with Crippen molar-refractivity contribution in [2.45, 2.75) is 51.9 Å². The van der Waals surface area contributed by atoms with Crippen molar-refractivity contribution in [3.05, 3.63) is 107 Å². The van der Waals surface area contributed by atoms with E-state index < -0.39 is 29.7 Å². The predicted molar refractivity (Wildman–Crippen MR) is 137 cm³/mol. The van der Waals surface area contributed by atoms with Crippen LogP contribution in [-0.4, -0.2) is 27.9 Å². The molecule has 1 N–H and O–H groups in total. The van der Waals surface area contributed by atoms with Crippen molar-refractivity contribution in [1.29, 1.82) is 0 Å². The fourth-order valence-electron chi connectivity index (χ4n) is 3.37. The molecule has 0 aromatic heterocycles. The minimum absolute atomic E-state index is 0.00340. The van der Waals surface area contributed by atoms with Crippen molar-refractivity contribution in [2.75, 3.05) is 0 Å². The number of alkyl halides is 3. The number of nitrogens with zero attached hydrogens (tertiary/aromatic N) is 1. The van der Waals surface area contributed by atoms with Gasteiger partial charge in [0.15, 0.2) is 0 Å². The molecule has 8 heteroatoms. The lowest BCUT2D eigenvalue weighted by molar-refractivity contribution is -0.149. The van der Waals surface area contributed by atoms with E-state index in [4.69, 9.17) is 11.6 Å². The van der Waals surface area contributed by atoms with E-state index in [1.165, 1.54) is 18.2 Å². The summed E-state index contributed by atoms with van der Waals surface area (Å²) in [6.45, 7) is 9.29. The molecular weight excluding hydrogens is 491 g/mol. The fourth-order valence-corrected chi connectivity index (χ4v) is 3.43. The Morgan fingerprint density at radius 3 is 2.14 bits per heavy atom. The van der Waals surface area contributed by atoms with Crippen LogP contribution in [0.4, 0.5) is 13.2 Å².